The van der Waals surface area contributed by atoms with Crippen LogP contribution in [0.1, 0.15) is 36.9 Å². The molecule has 4 heteroatoms. The highest BCUT2D eigenvalue weighted by Gasteiger charge is 2.26. The van der Waals surface area contributed by atoms with Gasteiger partial charge in [0.05, 0.1) is 6.26 Å². The van der Waals surface area contributed by atoms with Gasteiger partial charge in [0.2, 0.25) is 0 Å². The zero-order valence-electron chi connectivity index (χ0n) is 8.33. The van der Waals surface area contributed by atoms with Crippen molar-refractivity contribution in [2.75, 3.05) is 0 Å². The highest BCUT2D eigenvalue weighted by molar-refractivity contribution is 5.88. The Hall–Kier alpha value is -1.58. The van der Waals surface area contributed by atoms with E-state index in [4.69, 9.17) is 9.52 Å². The summed E-state index contributed by atoms with van der Waals surface area (Å²) in [4.78, 5) is 22.1. The predicted molar refractivity (Wildman–Crippen MR) is 50.6 cm³/mol. The summed E-state index contributed by atoms with van der Waals surface area (Å²) < 4.78 is 5.08. The molecule has 0 aliphatic rings. The standard InChI is InChI=1S/C10H12O4/c1-10(2,3)8-7(9(12)13)6(11)4-5-14-8/h4-5H,1-3H3,(H,12,13). The Morgan fingerprint density at radius 1 is 1.43 bits per heavy atom. The molecule has 4 nitrogen and oxygen atoms in total. The minimum absolute atomic E-state index is 0.206. The van der Waals surface area contributed by atoms with Crippen LogP contribution >= 0.6 is 0 Å². The number of carbonyl (C=O) groups is 1. The van der Waals surface area contributed by atoms with Gasteiger partial charge < -0.3 is 9.52 Å². The van der Waals surface area contributed by atoms with E-state index in [9.17, 15) is 9.59 Å². The summed E-state index contributed by atoms with van der Waals surface area (Å²) in [6, 6.07) is 1.11. The predicted octanol–water partition coefficient (Wildman–Crippen LogP) is 1.64. The summed E-state index contributed by atoms with van der Waals surface area (Å²) in [5, 5.41) is 8.85. The molecule has 0 amide bonds. The fraction of sp³-hybridized carbons (Fsp3) is 0.400. The summed E-state index contributed by atoms with van der Waals surface area (Å²) in [5.41, 5.74) is -1.29. The molecule has 1 N–H and O–H groups in total. The zero-order chi connectivity index (χ0) is 10.9. The molecule has 0 aliphatic heterocycles. The fourth-order valence-corrected chi connectivity index (χ4v) is 1.17. The van der Waals surface area contributed by atoms with E-state index in [1.807, 2.05) is 0 Å². The van der Waals surface area contributed by atoms with Gasteiger partial charge in [0.1, 0.15) is 11.3 Å². The molecule has 1 rings (SSSR count). The van der Waals surface area contributed by atoms with Gasteiger partial charge in [-0.25, -0.2) is 4.79 Å². The van der Waals surface area contributed by atoms with Crippen LogP contribution in [0.4, 0.5) is 0 Å². The van der Waals surface area contributed by atoms with Crippen molar-refractivity contribution in [2.45, 2.75) is 26.2 Å². The quantitative estimate of drug-likeness (QED) is 0.741. The van der Waals surface area contributed by atoms with Crippen molar-refractivity contribution < 1.29 is 14.3 Å². The molecule has 14 heavy (non-hydrogen) atoms. The molecule has 0 bridgehead atoms. The lowest BCUT2D eigenvalue weighted by molar-refractivity contribution is 0.0687. The first kappa shape index (κ1) is 10.5. The second kappa shape index (κ2) is 3.29. The van der Waals surface area contributed by atoms with E-state index >= 15 is 0 Å². The number of rotatable bonds is 1. The summed E-state index contributed by atoms with van der Waals surface area (Å²) in [7, 11) is 0. The maximum atomic E-state index is 11.3. The maximum Gasteiger partial charge on any atom is 0.343 e. The Morgan fingerprint density at radius 2 is 2.00 bits per heavy atom. The molecule has 76 valence electrons. The molecule has 0 spiro atoms. The third-order valence-electron chi connectivity index (χ3n) is 1.77. The lowest BCUT2D eigenvalue weighted by Gasteiger charge is -2.18. The smallest absolute Gasteiger partial charge is 0.343 e. The van der Waals surface area contributed by atoms with Crippen molar-refractivity contribution >= 4 is 5.97 Å². The van der Waals surface area contributed by atoms with E-state index < -0.39 is 16.8 Å². The van der Waals surface area contributed by atoms with Gasteiger partial charge in [-0.3, -0.25) is 4.79 Å². The fourth-order valence-electron chi connectivity index (χ4n) is 1.17. The highest BCUT2D eigenvalue weighted by Crippen LogP contribution is 2.23. The van der Waals surface area contributed by atoms with Crippen molar-refractivity contribution in [2.24, 2.45) is 0 Å². The normalized spacial score (nSPS) is 11.4. The van der Waals surface area contributed by atoms with Crippen LogP contribution in [0.3, 0.4) is 0 Å². The van der Waals surface area contributed by atoms with Crippen molar-refractivity contribution in [1.82, 2.24) is 0 Å². The van der Waals surface area contributed by atoms with Crippen LogP contribution in [-0.4, -0.2) is 11.1 Å². The van der Waals surface area contributed by atoms with Crippen molar-refractivity contribution in [3.8, 4) is 0 Å². The number of carboxylic acid groups (broad SMARTS) is 1. The van der Waals surface area contributed by atoms with Crippen LogP contribution in [-0.2, 0) is 5.41 Å². The maximum absolute atomic E-state index is 11.3. The molecular weight excluding hydrogens is 184 g/mol. The lowest BCUT2D eigenvalue weighted by atomic mass is 9.89. The van der Waals surface area contributed by atoms with Gasteiger partial charge in [0.25, 0.3) is 0 Å². The third-order valence-corrected chi connectivity index (χ3v) is 1.77. The van der Waals surface area contributed by atoms with E-state index in [1.54, 1.807) is 20.8 Å². The van der Waals surface area contributed by atoms with Gasteiger partial charge in [0, 0.05) is 11.5 Å². The molecule has 1 heterocycles. The second-order valence-electron chi connectivity index (χ2n) is 4.04. The van der Waals surface area contributed by atoms with Crippen LogP contribution in [0.2, 0.25) is 0 Å². The van der Waals surface area contributed by atoms with E-state index in [-0.39, 0.29) is 11.3 Å². The summed E-state index contributed by atoms with van der Waals surface area (Å²) in [6.07, 6.45) is 1.22. The molecular formula is C10H12O4. The summed E-state index contributed by atoms with van der Waals surface area (Å²) in [6.45, 7) is 5.37. The van der Waals surface area contributed by atoms with Crippen molar-refractivity contribution in [1.29, 1.82) is 0 Å². The van der Waals surface area contributed by atoms with E-state index in [0.29, 0.717) is 0 Å². The van der Waals surface area contributed by atoms with Gasteiger partial charge in [0.15, 0.2) is 5.43 Å². The Bertz CT molecular complexity index is 409. The largest absolute Gasteiger partial charge is 0.477 e. The molecule has 0 saturated carbocycles. The molecule has 0 aromatic carbocycles. The molecule has 0 fully saturated rings. The first-order chi connectivity index (χ1) is 6.34. The van der Waals surface area contributed by atoms with Crippen molar-refractivity contribution in [3.05, 3.63) is 33.9 Å². The Morgan fingerprint density at radius 3 is 2.36 bits per heavy atom. The highest BCUT2D eigenvalue weighted by atomic mass is 16.4. The van der Waals surface area contributed by atoms with Gasteiger partial charge in [-0.05, 0) is 0 Å². The number of hydrogen-bond acceptors (Lipinski definition) is 3. The van der Waals surface area contributed by atoms with Gasteiger partial charge in [-0.1, -0.05) is 20.8 Å². The Labute approximate surface area is 81.2 Å². The van der Waals surface area contributed by atoms with Gasteiger partial charge in [-0.2, -0.15) is 0 Å². The molecule has 0 radical (unpaired) electrons. The summed E-state index contributed by atoms with van der Waals surface area (Å²) >= 11 is 0. The topological polar surface area (TPSA) is 67.5 Å². The Balaban J connectivity index is 3.52. The summed E-state index contributed by atoms with van der Waals surface area (Å²) in [5.74, 6) is -1.04. The first-order valence-corrected chi connectivity index (χ1v) is 4.19. The van der Waals surface area contributed by atoms with E-state index in [0.717, 1.165) is 6.07 Å². The SMILES string of the molecule is CC(C)(C)c1occc(=O)c1C(=O)O. The van der Waals surface area contributed by atoms with Crippen LogP contribution in [0.25, 0.3) is 0 Å². The Kier molecular flexibility index (Phi) is 2.47. The molecule has 1 aromatic rings. The molecule has 0 unspecified atom stereocenters. The minimum atomic E-state index is -1.25. The average Bonchev–Trinajstić information content (AvgIpc) is 2.01. The number of carboxylic acids is 1. The molecule has 1 aromatic heterocycles. The third kappa shape index (κ3) is 1.84. The zero-order valence-corrected chi connectivity index (χ0v) is 8.33. The second-order valence-corrected chi connectivity index (χ2v) is 4.04. The van der Waals surface area contributed by atoms with Gasteiger partial charge >= 0.3 is 5.97 Å². The minimum Gasteiger partial charge on any atom is -0.477 e. The monoisotopic (exact) mass is 196 g/mol. The van der Waals surface area contributed by atoms with Crippen LogP contribution in [0.5, 0.6) is 0 Å². The van der Waals surface area contributed by atoms with Gasteiger partial charge in [-0.15, -0.1) is 0 Å². The number of hydrogen-bond donors (Lipinski definition) is 1. The number of aromatic carboxylic acids is 1. The average molecular weight is 196 g/mol. The van der Waals surface area contributed by atoms with Crippen LogP contribution in [0, 0.1) is 0 Å². The molecule has 0 atom stereocenters. The van der Waals surface area contributed by atoms with E-state index in [2.05, 4.69) is 0 Å². The van der Waals surface area contributed by atoms with Crippen LogP contribution < -0.4 is 5.43 Å². The lowest BCUT2D eigenvalue weighted by Crippen LogP contribution is -2.23. The van der Waals surface area contributed by atoms with Crippen molar-refractivity contribution in [3.63, 3.8) is 0 Å². The molecule has 0 saturated heterocycles. The first-order valence-electron chi connectivity index (χ1n) is 4.19. The van der Waals surface area contributed by atoms with Crippen LogP contribution in [0.15, 0.2) is 21.5 Å². The van der Waals surface area contributed by atoms with E-state index in [1.165, 1.54) is 6.26 Å². The molecule has 0 aliphatic carbocycles.